The maximum Gasteiger partial charge on any atom is 0.343 e. The van der Waals surface area contributed by atoms with E-state index in [9.17, 15) is 19.2 Å². The van der Waals surface area contributed by atoms with Gasteiger partial charge >= 0.3 is 11.9 Å². The first kappa shape index (κ1) is 34.1. The van der Waals surface area contributed by atoms with Crippen LogP contribution in [0.2, 0.25) is 0 Å². The quantitative estimate of drug-likeness (QED) is 0.170. The van der Waals surface area contributed by atoms with E-state index in [1.807, 2.05) is 55.7 Å². The molecule has 2 aromatic carbocycles. The van der Waals surface area contributed by atoms with Crippen LogP contribution in [0, 0.1) is 13.8 Å². The highest BCUT2D eigenvalue weighted by molar-refractivity contribution is 7.07. The Kier molecular flexibility index (Phi) is 10.1. The van der Waals surface area contributed by atoms with E-state index in [2.05, 4.69) is 9.73 Å². The molecule has 11 nitrogen and oxygen atoms in total. The second kappa shape index (κ2) is 14.3. The number of hydrogen-bond donors (Lipinski definition) is 0. The molecule has 3 heterocycles. The van der Waals surface area contributed by atoms with Crippen molar-refractivity contribution in [2.45, 2.75) is 47.6 Å². The number of carbonyl (C=O) groups excluding carboxylic acids is 3. The van der Waals surface area contributed by atoms with E-state index in [0.29, 0.717) is 44.3 Å². The van der Waals surface area contributed by atoms with Crippen LogP contribution in [0.5, 0.6) is 11.5 Å². The van der Waals surface area contributed by atoms with Gasteiger partial charge in [0.25, 0.3) is 5.56 Å². The van der Waals surface area contributed by atoms with Gasteiger partial charge in [0.1, 0.15) is 0 Å². The minimum absolute atomic E-state index is 0.0237. The number of fused-ring (bicyclic) bond motifs is 1. The lowest BCUT2D eigenvalue weighted by Crippen LogP contribution is -2.40. The molecule has 2 aromatic heterocycles. The Morgan fingerprint density at radius 3 is 2.44 bits per heavy atom. The van der Waals surface area contributed by atoms with Crippen LogP contribution in [-0.2, 0) is 19.1 Å². The molecule has 1 aliphatic rings. The lowest BCUT2D eigenvalue weighted by Gasteiger charge is -2.25. The summed E-state index contributed by atoms with van der Waals surface area (Å²) in [5, 5.41) is 0. The van der Waals surface area contributed by atoms with Crippen LogP contribution in [0.25, 0.3) is 11.8 Å². The SMILES string of the molecule is CCOC(=O)C1=C(C)N=c2s/c(=C\c3cc(C)n(-c4cccc(C(C)=O)c4)c3C)c(=O)n2[C@H]1c1ccc(OCC(=O)OC)c(OCC)c1. The minimum atomic E-state index is -0.877. The topological polar surface area (TPSA) is 127 Å². The Balaban J connectivity index is 1.66. The average Bonchev–Trinajstić information content (AvgIpc) is 3.52. The van der Waals surface area contributed by atoms with Crippen LogP contribution in [0.4, 0.5) is 0 Å². The average molecular weight is 672 g/mol. The van der Waals surface area contributed by atoms with Crippen molar-refractivity contribution in [3.63, 3.8) is 0 Å². The van der Waals surface area contributed by atoms with Gasteiger partial charge in [-0.1, -0.05) is 29.5 Å². The van der Waals surface area contributed by atoms with Crippen LogP contribution in [0.3, 0.4) is 0 Å². The smallest absolute Gasteiger partial charge is 0.343 e. The Bertz CT molecular complexity index is 2140. The molecule has 0 spiro atoms. The van der Waals surface area contributed by atoms with Crippen molar-refractivity contribution >= 4 is 35.1 Å². The van der Waals surface area contributed by atoms with Gasteiger partial charge in [0, 0.05) is 22.6 Å². The monoisotopic (exact) mass is 671 g/mol. The molecule has 4 aromatic rings. The van der Waals surface area contributed by atoms with E-state index < -0.39 is 18.0 Å². The number of aryl methyl sites for hydroxylation is 1. The lowest BCUT2D eigenvalue weighted by atomic mass is 9.95. The van der Waals surface area contributed by atoms with Gasteiger partial charge in [0.2, 0.25) is 0 Å². The number of Topliss-reactive ketones (excluding diaryl/α,β-unsaturated/α-hetero) is 1. The molecular weight excluding hydrogens is 634 g/mol. The molecule has 12 heteroatoms. The fraction of sp³-hybridized carbons (Fsp3) is 0.306. The molecule has 5 rings (SSSR count). The van der Waals surface area contributed by atoms with Crippen LogP contribution >= 0.6 is 11.3 Å². The standard InChI is InChI=1S/C36H37N3O8S/c1-8-45-29-17-25(13-14-28(29)47-19-31(41)44-7)33-32(35(43)46-9-2)21(4)37-36-39(33)34(42)30(48-36)18-26-15-20(3)38(22(26)5)27-12-10-11-24(16-27)23(6)40/h10-18,33H,8-9,19H2,1-7H3/b30-18-/t33-/m0/s1. The Hall–Kier alpha value is -5.23. The van der Waals surface area contributed by atoms with Gasteiger partial charge in [0.05, 0.1) is 42.2 Å². The van der Waals surface area contributed by atoms with E-state index in [0.717, 1.165) is 22.6 Å². The Morgan fingerprint density at radius 1 is 0.979 bits per heavy atom. The number of thiazole rings is 1. The van der Waals surface area contributed by atoms with Crippen molar-refractivity contribution in [1.82, 2.24) is 9.13 Å². The predicted molar refractivity (Wildman–Crippen MR) is 181 cm³/mol. The number of hydrogen-bond acceptors (Lipinski definition) is 10. The number of carbonyl (C=O) groups is 3. The molecule has 0 saturated carbocycles. The summed E-state index contributed by atoms with van der Waals surface area (Å²) in [5.41, 5.74) is 5.00. The summed E-state index contributed by atoms with van der Waals surface area (Å²) in [5.74, 6) is -0.522. The molecule has 1 aliphatic heterocycles. The number of rotatable bonds is 11. The third-order valence-corrected chi connectivity index (χ3v) is 8.92. The molecule has 250 valence electrons. The van der Waals surface area contributed by atoms with Crippen molar-refractivity contribution < 1.29 is 33.3 Å². The fourth-order valence-corrected chi connectivity index (χ4v) is 6.76. The van der Waals surface area contributed by atoms with E-state index in [4.69, 9.17) is 14.2 Å². The molecule has 0 N–H and O–H groups in total. The summed E-state index contributed by atoms with van der Waals surface area (Å²) in [6.07, 6.45) is 1.83. The highest BCUT2D eigenvalue weighted by Gasteiger charge is 2.34. The van der Waals surface area contributed by atoms with Gasteiger partial charge in [-0.15, -0.1) is 0 Å². The maximum atomic E-state index is 14.3. The molecule has 0 saturated heterocycles. The van der Waals surface area contributed by atoms with Crippen LogP contribution in [0.1, 0.15) is 66.6 Å². The number of ketones is 1. The number of nitrogens with zero attached hydrogens (tertiary/aromatic N) is 3. The number of ether oxygens (including phenoxy) is 4. The van der Waals surface area contributed by atoms with Crippen molar-refractivity contribution in [3.05, 3.63) is 108 Å². The van der Waals surface area contributed by atoms with Gasteiger partial charge in [-0.3, -0.25) is 14.2 Å². The maximum absolute atomic E-state index is 14.3. The lowest BCUT2D eigenvalue weighted by molar-refractivity contribution is -0.143. The molecule has 1 atom stereocenters. The highest BCUT2D eigenvalue weighted by atomic mass is 32.1. The summed E-state index contributed by atoms with van der Waals surface area (Å²) in [4.78, 5) is 56.5. The third-order valence-electron chi connectivity index (χ3n) is 7.94. The summed E-state index contributed by atoms with van der Waals surface area (Å²) < 4.78 is 25.6. The van der Waals surface area contributed by atoms with Gasteiger partial charge in [0.15, 0.2) is 28.7 Å². The van der Waals surface area contributed by atoms with Crippen LogP contribution in [-0.4, -0.2) is 53.8 Å². The molecule has 0 radical (unpaired) electrons. The zero-order valence-corrected chi connectivity index (χ0v) is 28.7. The van der Waals surface area contributed by atoms with E-state index in [-0.39, 0.29) is 30.1 Å². The summed E-state index contributed by atoms with van der Waals surface area (Å²) in [7, 11) is 1.27. The number of allylic oxidation sites excluding steroid dienone is 1. The highest BCUT2D eigenvalue weighted by Crippen LogP contribution is 2.36. The molecule has 0 aliphatic carbocycles. The van der Waals surface area contributed by atoms with Crippen LogP contribution < -0.4 is 24.4 Å². The molecule has 0 fully saturated rings. The first-order valence-electron chi connectivity index (χ1n) is 15.4. The first-order chi connectivity index (χ1) is 23.0. The van der Waals surface area contributed by atoms with E-state index >= 15 is 0 Å². The van der Waals surface area contributed by atoms with Crippen LogP contribution in [0.15, 0.2) is 69.6 Å². The Morgan fingerprint density at radius 2 is 1.75 bits per heavy atom. The summed E-state index contributed by atoms with van der Waals surface area (Å²) in [6, 6.07) is 13.6. The molecule has 0 unspecified atom stereocenters. The van der Waals surface area contributed by atoms with Gasteiger partial charge in [-0.05, 0) is 89.1 Å². The van der Waals surface area contributed by atoms with Crippen molar-refractivity contribution in [2.75, 3.05) is 26.9 Å². The number of aromatic nitrogens is 2. The fourth-order valence-electron chi connectivity index (χ4n) is 5.72. The van der Waals surface area contributed by atoms with E-state index in [1.165, 1.54) is 29.9 Å². The molecule has 0 bridgehead atoms. The molecular formula is C36H37N3O8S. The summed E-state index contributed by atoms with van der Waals surface area (Å²) >= 11 is 1.22. The Labute approximate surface area is 281 Å². The molecule has 48 heavy (non-hydrogen) atoms. The van der Waals surface area contributed by atoms with Gasteiger partial charge in [-0.25, -0.2) is 14.6 Å². The first-order valence-corrected chi connectivity index (χ1v) is 16.3. The second-order valence-corrected chi connectivity index (χ2v) is 12.1. The zero-order valence-electron chi connectivity index (χ0n) is 27.9. The van der Waals surface area contributed by atoms with Crippen molar-refractivity contribution in [2.24, 2.45) is 4.99 Å². The van der Waals surface area contributed by atoms with Crippen molar-refractivity contribution in [3.8, 4) is 17.2 Å². The predicted octanol–water partition coefficient (Wildman–Crippen LogP) is 4.36. The third kappa shape index (κ3) is 6.61. The largest absolute Gasteiger partial charge is 0.490 e. The zero-order chi connectivity index (χ0) is 34.7. The summed E-state index contributed by atoms with van der Waals surface area (Å²) in [6.45, 7) is 10.8. The number of benzene rings is 2. The van der Waals surface area contributed by atoms with E-state index in [1.54, 1.807) is 38.1 Å². The van der Waals surface area contributed by atoms with Gasteiger partial charge < -0.3 is 23.5 Å². The van der Waals surface area contributed by atoms with Crippen molar-refractivity contribution in [1.29, 1.82) is 0 Å². The molecule has 0 amide bonds. The normalized spacial score (nSPS) is 14.3. The second-order valence-electron chi connectivity index (χ2n) is 11.1. The number of methoxy groups -OCH3 is 1. The van der Waals surface area contributed by atoms with Gasteiger partial charge in [-0.2, -0.15) is 0 Å². The number of esters is 2. The minimum Gasteiger partial charge on any atom is -0.490 e.